The Morgan fingerprint density at radius 3 is 2.43 bits per heavy atom. The van der Waals surface area contributed by atoms with Crippen LogP contribution in [-0.4, -0.2) is 11.1 Å². The zero-order valence-electron chi connectivity index (χ0n) is 9.04. The summed E-state index contributed by atoms with van der Waals surface area (Å²) in [7, 11) is 0. The topological polar surface area (TPSA) is 22.1 Å². The summed E-state index contributed by atoms with van der Waals surface area (Å²) in [5.74, 6) is 1.20. The molecule has 0 N–H and O–H groups in total. The van der Waals surface area contributed by atoms with E-state index in [4.69, 9.17) is 4.74 Å². The molecule has 1 rings (SSSR count). The molecule has 2 nitrogen and oxygen atoms in total. The van der Waals surface area contributed by atoms with E-state index in [-0.39, 0.29) is 6.10 Å². The molecule has 14 heavy (non-hydrogen) atoms. The first-order chi connectivity index (χ1) is 6.50. The van der Waals surface area contributed by atoms with Gasteiger partial charge in [-0.25, -0.2) is 4.98 Å². The Hall–Kier alpha value is -0.570. The van der Waals surface area contributed by atoms with E-state index in [0.29, 0.717) is 11.8 Å². The zero-order valence-corrected chi connectivity index (χ0v) is 10.6. The molecule has 0 aliphatic heterocycles. The van der Waals surface area contributed by atoms with E-state index in [1.165, 1.54) is 0 Å². The van der Waals surface area contributed by atoms with E-state index >= 15 is 0 Å². The summed E-state index contributed by atoms with van der Waals surface area (Å²) in [5.41, 5.74) is 0.957. The summed E-state index contributed by atoms with van der Waals surface area (Å²) in [6.45, 7) is 8.29. The van der Waals surface area contributed by atoms with Gasteiger partial charge >= 0.3 is 0 Å². The zero-order chi connectivity index (χ0) is 10.7. The van der Waals surface area contributed by atoms with Crippen LogP contribution in [0.3, 0.4) is 0 Å². The van der Waals surface area contributed by atoms with Crippen LogP contribution < -0.4 is 4.74 Å². The highest BCUT2D eigenvalue weighted by atomic mass is 79.9. The van der Waals surface area contributed by atoms with Gasteiger partial charge in [0.25, 0.3) is 0 Å². The van der Waals surface area contributed by atoms with Crippen molar-refractivity contribution in [1.82, 2.24) is 4.98 Å². The number of ether oxygens (including phenoxy) is 1. The number of nitrogens with zero attached hydrogens (tertiary/aromatic N) is 1. The van der Waals surface area contributed by atoms with Gasteiger partial charge in [-0.15, -0.1) is 0 Å². The highest BCUT2D eigenvalue weighted by Crippen LogP contribution is 2.19. The van der Waals surface area contributed by atoms with Gasteiger partial charge in [-0.1, -0.05) is 13.8 Å². The van der Waals surface area contributed by atoms with Crippen molar-refractivity contribution in [3.63, 3.8) is 0 Å². The molecule has 0 fully saturated rings. The van der Waals surface area contributed by atoms with Crippen molar-refractivity contribution in [1.29, 1.82) is 0 Å². The average molecular weight is 258 g/mol. The number of aromatic nitrogens is 1. The Morgan fingerprint density at radius 1 is 1.29 bits per heavy atom. The Bertz CT molecular complexity index is 312. The van der Waals surface area contributed by atoms with Crippen LogP contribution >= 0.6 is 15.9 Å². The van der Waals surface area contributed by atoms with Gasteiger partial charge < -0.3 is 4.74 Å². The van der Waals surface area contributed by atoms with Gasteiger partial charge in [-0.3, -0.25) is 0 Å². The Balaban J connectivity index is 2.73. The molecule has 0 saturated carbocycles. The maximum absolute atomic E-state index is 5.68. The van der Waals surface area contributed by atoms with Gasteiger partial charge in [0.2, 0.25) is 5.88 Å². The summed E-state index contributed by atoms with van der Waals surface area (Å²) in [4.78, 5) is 4.33. The van der Waals surface area contributed by atoms with E-state index in [1.54, 1.807) is 0 Å². The second-order valence-electron chi connectivity index (χ2n) is 3.78. The second kappa shape index (κ2) is 4.78. The molecule has 1 aromatic heterocycles. The van der Waals surface area contributed by atoms with Crippen LogP contribution in [0.15, 0.2) is 16.6 Å². The van der Waals surface area contributed by atoms with Crippen molar-refractivity contribution in [3.05, 3.63) is 22.3 Å². The number of pyridine rings is 1. The third kappa shape index (κ3) is 2.98. The van der Waals surface area contributed by atoms with Crippen molar-refractivity contribution in [2.45, 2.75) is 33.8 Å². The van der Waals surface area contributed by atoms with Crippen LogP contribution in [-0.2, 0) is 0 Å². The van der Waals surface area contributed by atoms with Crippen LogP contribution in [0.25, 0.3) is 0 Å². The lowest BCUT2D eigenvalue weighted by Gasteiger charge is -2.17. The third-order valence-electron chi connectivity index (χ3n) is 2.24. The fourth-order valence-electron chi connectivity index (χ4n) is 0.913. The van der Waals surface area contributed by atoms with E-state index in [2.05, 4.69) is 41.7 Å². The molecule has 0 bridgehead atoms. The van der Waals surface area contributed by atoms with Gasteiger partial charge in [-0.05, 0) is 41.8 Å². The number of halogens is 1. The van der Waals surface area contributed by atoms with Crippen LogP contribution in [0, 0.1) is 12.8 Å². The van der Waals surface area contributed by atoms with Gasteiger partial charge in [0, 0.05) is 10.5 Å². The SMILES string of the molecule is Cc1nc(OC(C)C(C)C)ccc1Br. The number of hydrogen-bond acceptors (Lipinski definition) is 2. The van der Waals surface area contributed by atoms with Crippen LogP contribution in [0.5, 0.6) is 5.88 Å². The lowest BCUT2D eigenvalue weighted by atomic mass is 10.1. The molecule has 0 radical (unpaired) electrons. The normalized spacial score (nSPS) is 13.0. The number of rotatable bonds is 3. The Labute approximate surface area is 93.8 Å². The van der Waals surface area contributed by atoms with Crippen LogP contribution in [0.1, 0.15) is 26.5 Å². The second-order valence-corrected chi connectivity index (χ2v) is 4.64. The minimum Gasteiger partial charge on any atom is -0.474 e. The lowest BCUT2D eigenvalue weighted by molar-refractivity contribution is 0.163. The van der Waals surface area contributed by atoms with Crippen LogP contribution in [0.4, 0.5) is 0 Å². The molecule has 0 aliphatic carbocycles. The molecule has 0 spiro atoms. The first-order valence-corrected chi connectivity index (χ1v) is 5.60. The fourth-order valence-corrected chi connectivity index (χ4v) is 1.13. The van der Waals surface area contributed by atoms with Crippen molar-refractivity contribution >= 4 is 15.9 Å². The summed E-state index contributed by atoms with van der Waals surface area (Å²) < 4.78 is 6.70. The summed E-state index contributed by atoms with van der Waals surface area (Å²) in [5, 5.41) is 0. The molecule has 0 aliphatic rings. The number of hydrogen-bond donors (Lipinski definition) is 0. The molecule has 1 atom stereocenters. The number of aryl methyl sites for hydroxylation is 1. The van der Waals surface area contributed by atoms with E-state index in [0.717, 1.165) is 10.2 Å². The Kier molecular flexibility index (Phi) is 3.93. The predicted molar refractivity (Wildman–Crippen MR) is 61.6 cm³/mol. The molecular formula is C11H16BrNO. The average Bonchev–Trinajstić information content (AvgIpc) is 2.11. The molecule has 0 saturated heterocycles. The molecule has 0 amide bonds. The maximum atomic E-state index is 5.68. The molecule has 1 heterocycles. The van der Waals surface area contributed by atoms with Gasteiger partial charge in [0.05, 0.1) is 11.8 Å². The van der Waals surface area contributed by atoms with Gasteiger partial charge in [0.15, 0.2) is 0 Å². The third-order valence-corrected chi connectivity index (χ3v) is 3.08. The standard InChI is InChI=1S/C11H16BrNO/c1-7(2)9(4)14-11-6-5-10(12)8(3)13-11/h5-7,9H,1-4H3. The van der Waals surface area contributed by atoms with E-state index < -0.39 is 0 Å². The molecule has 0 aromatic carbocycles. The van der Waals surface area contributed by atoms with E-state index in [9.17, 15) is 0 Å². The van der Waals surface area contributed by atoms with Gasteiger partial charge in [0.1, 0.15) is 0 Å². The highest BCUT2D eigenvalue weighted by Gasteiger charge is 2.09. The minimum atomic E-state index is 0.197. The fraction of sp³-hybridized carbons (Fsp3) is 0.545. The first-order valence-electron chi connectivity index (χ1n) is 4.80. The molecule has 3 heteroatoms. The molecule has 78 valence electrons. The first kappa shape index (κ1) is 11.5. The van der Waals surface area contributed by atoms with Crippen molar-refractivity contribution in [3.8, 4) is 5.88 Å². The van der Waals surface area contributed by atoms with Crippen molar-refractivity contribution in [2.24, 2.45) is 5.92 Å². The molecule has 1 unspecified atom stereocenters. The quantitative estimate of drug-likeness (QED) is 0.826. The smallest absolute Gasteiger partial charge is 0.213 e. The minimum absolute atomic E-state index is 0.197. The summed E-state index contributed by atoms with van der Waals surface area (Å²) in [6, 6.07) is 3.85. The monoisotopic (exact) mass is 257 g/mol. The Morgan fingerprint density at radius 2 is 1.93 bits per heavy atom. The lowest BCUT2D eigenvalue weighted by Crippen LogP contribution is -2.19. The maximum Gasteiger partial charge on any atom is 0.213 e. The molecule has 1 aromatic rings. The van der Waals surface area contributed by atoms with Crippen LogP contribution in [0.2, 0.25) is 0 Å². The summed E-state index contributed by atoms with van der Waals surface area (Å²) >= 11 is 3.41. The van der Waals surface area contributed by atoms with E-state index in [1.807, 2.05) is 19.1 Å². The largest absolute Gasteiger partial charge is 0.474 e. The predicted octanol–water partition coefficient (Wildman–Crippen LogP) is 3.58. The van der Waals surface area contributed by atoms with Gasteiger partial charge in [-0.2, -0.15) is 0 Å². The van der Waals surface area contributed by atoms with Crippen molar-refractivity contribution in [2.75, 3.05) is 0 Å². The van der Waals surface area contributed by atoms with Crippen molar-refractivity contribution < 1.29 is 4.74 Å². The molecular weight excluding hydrogens is 242 g/mol. The summed E-state index contributed by atoms with van der Waals surface area (Å²) in [6.07, 6.45) is 0.197. The highest BCUT2D eigenvalue weighted by molar-refractivity contribution is 9.10.